The molecule has 0 saturated carbocycles. The summed E-state index contributed by atoms with van der Waals surface area (Å²) in [6, 6.07) is 9.62. The number of hydrogen-bond acceptors (Lipinski definition) is 2. The summed E-state index contributed by atoms with van der Waals surface area (Å²) in [6.07, 6.45) is 0. The highest BCUT2D eigenvalue weighted by Crippen LogP contribution is 2.28. The Bertz CT molecular complexity index is 394. The van der Waals surface area contributed by atoms with Crippen LogP contribution in [0.3, 0.4) is 0 Å². The van der Waals surface area contributed by atoms with E-state index in [4.69, 9.17) is 5.73 Å². The molecule has 2 N–H and O–H groups in total. The zero-order chi connectivity index (χ0) is 8.55. The first kappa shape index (κ1) is 7.31. The van der Waals surface area contributed by atoms with Crippen LogP contribution in [0.2, 0.25) is 0 Å². The summed E-state index contributed by atoms with van der Waals surface area (Å²) in [5.74, 6) is -0.358. The summed E-state index contributed by atoms with van der Waals surface area (Å²) in [6.45, 7) is 0. The molecule has 0 aromatic heterocycles. The molecule has 60 valence electrons. The van der Waals surface area contributed by atoms with Gasteiger partial charge in [-0.2, -0.15) is 0 Å². The van der Waals surface area contributed by atoms with Crippen LogP contribution in [0.25, 0.3) is 10.4 Å². The van der Waals surface area contributed by atoms with Crippen LogP contribution in [0, 0.1) is 0 Å². The van der Waals surface area contributed by atoms with Gasteiger partial charge in [0.05, 0.1) is 4.88 Å². The van der Waals surface area contributed by atoms with Gasteiger partial charge in [-0.15, -0.1) is 11.3 Å². The normalized spacial score (nSPS) is 10.3. The van der Waals surface area contributed by atoms with Crippen molar-refractivity contribution in [1.29, 1.82) is 0 Å². The number of fused-ring (bicyclic) bond motifs is 1. The maximum Gasteiger partial charge on any atom is 0.258 e. The molecule has 2 aliphatic rings. The molecule has 0 fully saturated rings. The Labute approximate surface area is 74.0 Å². The molecule has 2 rings (SSSR count). The molecule has 2 nitrogen and oxygen atoms in total. The smallest absolute Gasteiger partial charge is 0.258 e. The van der Waals surface area contributed by atoms with Gasteiger partial charge in [0, 0.05) is 4.88 Å². The second-order valence-electron chi connectivity index (χ2n) is 2.51. The number of carbonyl (C=O) groups is 1. The highest BCUT2D eigenvalue weighted by Gasteiger charge is 2.06. The minimum Gasteiger partial charge on any atom is -0.365 e. The van der Waals surface area contributed by atoms with E-state index in [1.165, 1.54) is 11.3 Å². The number of rotatable bonds is 1. The fourth-order valence-electron chi connectivity index (χ4n) is 1.10. The zero-order valence-corrected chi connectivity index (χ0v) is 7.10. The van der Waals surface area contributed by atoms with Crippen LogP contribution in [-0.4, -0.2) is 5.91 Å². The number of nitrogens with two attached hydrogens (primary N) is 1. The highest BCUT2D eigenvalue weighted by atomic mass is 32.1. The van der Waals surface area contributed by atoms with Crippen molar-refractivity contribution in [3.05, 3.63) is 35.2 Å². The topological polar surface area (TPSA) is 43.1 Å². The van der Waals surface area contributed by atoms with Gasteiger partial charge in [0.2, 0.25) is 0 Å². The number of carbonyl (C=O) groups excluding carboxylic acids is 1. The Balaban J connectivity index is 2.62. The summed E-state index contributed by atoms with van der Waals surface area (Å²) >= 11 is 1.43. The SMILES string of the molecule is NC(=O)c1ccc2cccc-2s1. The summed E-state index contributed by atoms with van der Waals surface area (Å²) in [4.78, 5) is 12.5. The highest BCUT2D eigenvalue weighted by molar-refractivity contribution is 7.17. The van der Waals surface area contributed by atoms with Crippen molar-refractivity contribution in [3.8, 4) is 10.4 Å². The summed E-state index contributed by atoms with van der Waals surface area (Å²) in [5, 5.41) is 0. The quantitative estimate of drug-likeness (QED) is 0.710. The van der Waals surface area contributed by atoms with Crippen LogP contribution in [0.5, 0.6) is 0 Å². The third-order valence-corrected chi connectivity index (χ3v) is 2.83. The van der Waals surface area contributed by atoms with Gasteiger partial charge in [0.1, 0.15) is 0 Å². The van der Waals surface area contributed by atoms with Crippen molar-refractivity contribution in [2.75, 3.05) is 0 Å². The van der Waals surface area contributed by atoms with E-state index in [2.05, 4.69) is 0 Å². The molecule has 1 aliphatic carbocycles. The van der Waals surface area contributed by atoms with Crippen molar-refractivity contribution < 1.29 is 4.79 Å². The van der Waals surface area contributed by atoms with E-state index in [9.17, 15) is 4.79 Å². The molecule has 12 heavy (non-hydrogen) atoms. The molecule has 0 aromatic rings. The monoisotopic (exact) mass is 177 g/mol. The summed E-state index contributed by atoms with van der Waals surface area (Å²) in [5.41, 5.74) is 6.30. The standard InChI is InChI=1S/C9H7NOS/c10-9(11)8-5-4-6-2-1-3-7(6)12-8/h1-5H,(H2,10,11). The Kier molecular flexibility index (Phi) is 1.59. The van der Waals surface area contributed by atoms with E-state index in [0.717, 1.165) is 10.4 Å². The van der Waals surface area contributed by atoms with Crippen molar-refractivity contribution >= 4 is 17.2 Å². The predicted molar refractivity (Wildman–Crippen MR) is 49.5 cm³/mol. The lowest BCUT2D eigenvalue weighted by Crippen LogP contribution is -2.09. The zero-order valence-electron chi connectivity index (χ0n) is 6.28. The van der Waals surface area contributed by atoms with Gasteiger partial charge in [-0.25, -0.2) is 0 Å². The van der Waals surface area contributed by atoms with Gasteiger partial charge >= 0.3 is 0 Å². The maximum atomic E-state index is 10.8. The summed E-state index contributed by atoms with van der Waals surface area (Å²) < 4.78 is 0. The third-order valence-electron chi connectivity index (χ3n) is 1.68. The molecule has 1 aliphatic heterocycles. The lowest BCUT2D eigenvalue weighted by atomic mass is 10.3. The van der Waals surface area contributed by atoms with E-state index in [-0.39, 0.29) is 5.91 Å². The average Bonchev–Trinajstić information content (AvgIpc) is 2.49. The van der Waals surface area contributed by atoms with E-state index < -0.39 is 0 Å². The van der Waals surface area contributed by atoms with Crippen LogP contribution in [0.1, 0.15) is 9.67 Å². The molecule has 0 unspecified atom stereocenters. The van der Waals surface area contributed by atoms with Crippen LogP contribution in [0.4, 0.5) is 0 Å². The fraction of sp³-hybridized carbons (Fsp3) is 0. The number of hydrogen-bond donors (Lipinski definition) is 1. The Morgan fingerprint density at radius 3 is 2.83 bits per heavy atom. The molecule has 1 amide bonds. The number of amides is 1. The average molecular weight is 177 g/mol. The van der Waals surface area contributed by atoms with E-state index in [0.29, 0.717) is 4.88 Å². The molecule has 1 heterocycles. The van der Waals surface area contributed by atoms with Gasteiger partial charge in [-0.3, -0.25) is 4.79 Å². The lowest BCUT2D eigenvalue weighted by molar-refractivity contribution is 0.100. The molecule has 0 spiro atoms. The van der Waals surface area contributed by atoms with Crippen LogP contribution >= 0.6 is 11.3 Å². The minimum atomic E-state index is -0.358. The second-order valence-corrected chi connectivity index (χ2v) is 3.59. The Hall–Kier alpha value is -1.35. The van der Waals surface area contributed by atoms with Crippen LogP contribution in [-0.2, 0) is 0 Å². The maximum absolute atomic E-state index is 10.8. The molecular formula is C9H7NOS. The third kappa shape index (κ3) is 1.08. The lowest BCUT2D eigenvalue weighted by Gasteiger charge is -1.98. The second kappa shape index (κ2) is 2.60. The minimum absolute atomic E-state index is 0.358. The molecule has 3 heteroatoms. The van der Waals surface area contributed by atoms with Crippen molar-refractivity contribution in [2.24, 2.45) is 5.73 Å². The first-order chi connectivity index (χ1) is 5.77. The first-order valence-corrected chi connectivity index (χ1v) is 4.37. The first-order valence-electron chi connectivity index (χ1n) is 3.56. The van der Waals surface area contributed by atoms with Gasteiger partial charge in [-0.1, -0.05) is 18.2 Å². The molecule has 0 radical (unpaired) electrons. The van der Waals surface area contributed by atoms with Crippen molar-refractivity contribution in [3.63, 3.8) is 0 Å². The van der Waals surface area contributed by atoms with Crippen molar-refractivity contribution in [1.82, 2.24) is 0 Å². The summed E-state index contributed by atoms with van der Waals surface area (Å²) in [7, 11) is 0. The molecule has 0 aromatic carbocycles. The predicted octanol–water partition coefficient (Wildman–Crippen LogP) is 1.95. The fourth-order valence-corrected chi connectivity index (χ4v) is 1.97. The van der Waals surface area contributed by atoms with Gasteiger partial charge in [0.25, 0.3) is 5.91 Å². The van der Waals surface area contributed by atoms with E-state index >= 15 is 0 Å². The largest absolute Gasteiger partial charge is 0.365 e. The molecule has 0 saturated heterocycles. The van der Waals surface area contributed by atoms with Crippen LogP contribution < -0.4 is 5.73 Å². The van der Waals surface area contributed by atoms with Gasteiger partial charge in [0.15, 0.2) is 0 Å². The van der Waals surface area contributed by atoms with E-state index in [1.54, 1.807) is 6.07 Å². The number of primary amides is 1. The Morgan fingerprint density at radius 2 is 2.08 bits per heavy atom. The van der Waals surface area contributed by atoms with Gasteiger partial charge in [-0.05, 0) is 17.7 Å². The molecule has 0 bridgehead atoms. The molecular weight excluding hydrogens is 170 g/mol. The Morgan fingerprint density at radius 1 is 1.25 bits per heavy atom. The van der Waals surface area contributed by atoms with Crippen molar-refractivity contribution in [2.45, 2.75) is 0 Å². The molecule has 0 atom stereocenters. The van der Waals surface area contributed by atoms with E-state index in [1.807, 2.05) is 24.3 Å². The van der Waals surface area contributed by atoms with Gasteiger partial charge < -0.3 is 5.73 Å². The van der Waals surface area contributed by atoms with Crippen LogP contribution in [0.15, 0.2) is 30.3 Å².